The first kappa shape index (κ1) is 18.1. The minimum absolute atomic E-state index is 0.121. The monoisotopic (exact) mass is 376 g/mol. The van der Waals surface area contributed by atoms with Crippen molar-refractivity contribution in [1.82, 2.24) is 5.43 Å². The van der Waals surface area contributed by atoms with Gasteiger partial charge in [-0.05, 0) is 24.3 Å². The summed E-state index contributed by atoms with van der Waals surface area (Å²) >= 11 is 11.3. The van der Waals surface area contributed by atoms with E-state index >= 15 is 0 Å². The van der Waals surface area contributed by atoms with Crippen LogP contribution in [0.3, 0.4) is 0 Å². The number of aromatic hydroxyl groups is 1. The Bertz CT molecular complexity index is 793. The molecule has 0 spiro atoms. The maximum atomic E-state index is 13.2. The highest BCUT2D eigenvalue weighted by Gasteiger charge is 2.39. The third kappa shape index (κ3) is 4.18. The van der Waals surface area contributed by atoms with Gasteiger partial charge in [0.1, 0.15) is 5.75 Å². The maximum Gasteiger partial charge on any atom is 0.435 e. The van der Waals surface area contributed by atoms with Crippen molar-refractivity contribution >= 4 is 34.8 Å². The molecule has 1 amide bonds. The fourth-order valence-electron chi connectivity index (χ4n) is 1.78. The highest BCUT2D eigenvalue weighted by Crippen LogP contribution is 2.35. The molecule has 0 saturated carbocycles. The first-order valence-electron chi connectivity index (χ1n) is 6.39. The number of nitrogens with one attached hydrogen (secondary N) is 1. The van der Waals surface area contributed by atoms with E-state index in [4.69, 9.17) is 23.2 Å². The molecule has 2 aromatic rings. The van der Waals surface area contributed by atoms with Crippen LogP contribution in [0, 0.1) is 0 Å². The zero-order chi connectivity index (χ0) is 17.9. The van der Waals surface area contributed by atoms with Gasteiger partial charge < -0.3 is 5.11 Å². The first-order valence-corrected chi connectivity index (χ1v) is 7.14. The van der Waals surface area contributed by atoms with E-state index in [1.807, 2.05) is 0 Å². The Morgan fingerprint density at radius 1 is 1.12 bits per heavy atom. The molecule has 0 aromatic heterocycles. The predicted molar refractivity (Wildman–Crippen MR) is 84.6 cm³/mol. The van der Waals surface area contributed by atoms with Gasteiger partial charge in [-0.2, -0.15) is 18.3 Å². The molecular formula is C15H9Cl2F3N2O2. The van der Waals surface area contributed by atoms with E-state index in [-0.39, 0.29) is 15.6 Å². The second kappa shape index (κ2) is 7.11. The highest BCUT2D eigenvalue weighted by molar-refractivity contribution is 6.36. The minimum atomic E-state index is -4.96. The van der Waals surface area contributed by atoms with Gasteiger partial charge in [0.25, 0.3) is 5.91 Å². The predicted octanol–water partition coefficient (Wildman–Crippen LogP) is 4.40. The second-order valence-electron chi connectivity index (χ2n) is 4.55. The molecule has 24 heavy (non-hydrogen) atoms. The number of hydrazone groups is 1. The normalized spacial score (nSPS) is 12.1. The van der Waals surface area contributed by atoms with Crippen LogP contribution in [0.5, 0.6) is 5.75 Å². The molecule has 4 nitrogen and oxygen atoms in total. The quantitative estimate of drug-likeness (QED) is 0.616. The molecule has 0 aliphatic heterocycles. The van der Waals surface area contributed by atoms with Crippen molar-refractivity contribution in [2.45, 2.75) is 6.18 Å². The largest absolute Gasteiger partial charge is 0.506 e. The van der Waals surface area contributed by atoms with Gasteiger partial charge in [0.05, 0.1) is 10.6 Å². The highest BCUT2D eigenvalue weighted by atomic mass is 35.5. The molecule has 9 heteroatoms. The van der Waals surface area contributed by atoms with Crippen LogP contribution in [0.1, 0.15) is 15.9 Å². The molecule has 126 valence electrons. The number of nitrogens with zero attached hydrogens (tertiary/aromatic N) is 1. The van der Waals surface area contributed by atoms with Crippen LogP contribution in [-0.2, 0) is 0 Å². The first-order chi connectivity index (χ1) is 11.2. The number of halogens is 5. The Morgan fingerprint density at radius 2 is 1.75 bits per heavy atom. The maximum absolute atomic E-state index is 13.2. The summed E-state index contributed by atoms with van der Waals surface area (Å²) in [6.07, 6.45) is -4.96. The second-order valence-corrected chi connectivity index (χ2v) is 5.39. The Morgan fingerprint density at radius 3 is 2.33 bits per heavy atom. The Labute approximate surface area is 144 Å². The topological polar surface area (TPSA) is 61.7 Å². The van der Waals surface area contributed by atoms with Crippen LogP contribution in [0.15, 0.2) is 47.6 Å². The Hall–Kier alpha value is -2.25. The van der Waals surface area contributed by atoms with Gasteiger partial charge in [0.15, 0.2) is 5.71 Å². The molecular weight excluding hydrogens is 368 g/mol. The lowest BCUT2D eigenvalue weighted by atomic mass is 10.1. The van der Waals surface area contributed by atoms with Crippen LogP contribution >= 0.6 is 23.2 Å². The van der Waals surface area contributed by atoms with E-state index < -0.39 is 29.1 Å². The van der Waals surface area contributed by atoms with Crippen molar-refractivity contribution < 1.29 is 23.1 Å². The molecule has 0 fully saturated rings. The summed E-state index contributed by atoms with van der Waals surface area (Å²) in [5, 5.41) is 12.4. The minimum Gasteiger partial charge on any atom is -0.506 e. The van der Waals surface area contributed by atoms with E-state index in [1.54, 1.807) is 23.6 Å². The number of rotatable bonds is 3. The SMILES string of the molecule is O=C(N/N=C(/c1cc(Cl)cc(Cl)c1O)C(F)(F)F)c1ccccc1. The lowest BCUT2D eigenvalue weighted by molar-refractivity contribution is -0.0584. The molecule has 0 heterocycles. The Kier molecular flexibility index (Phi) is 5.36. The van der Waals surface area contributed by atoms with Gasteiger partial charge in [-0.1, -0.05) is 41.4 Å². The number of alkyl halides is 3. The van der Waals surface area contributed by atoms with E-state index in [1.165, 1.54) is 12.1 Å². The number of hydrogen-bond acceptors (Lipinski definition) is 3. The van der Waals surface area contributed by atoms with Crippen molar-refractivity contribution in [3.8, 4) is 5.75 Å². The zero-order valence-electron chi connectivity index (χ0n) is 11.7. The molecule has 0 aliphatic rings. The Balaban J connectivity index is 2.42. The number of hydrogen-bond donors (Lipinski definition) is 2. The third-order valence-corrected chi connectivity index (χ3v) is 3.36. The summed E-state index contributed by atoms with van der Waals surface area (Å²) < 4.78 is 39.7. The molecule has 0 radical (unpaired) electrons. The van der Waals surface area contributed by atoms with E-state index in [0.29, 0.717) is 0 Å². The van der Waals surface area contributed by atoms with Crippen LogP contribution in [-0.4, -0.2) is 22.9 Å². The van der Waals surface area contributed by atoms with Gasteiger partial charge in [0, 0.05) is 10.6 Å². The lowest BCUT2D eigenvalue weighted by Crippen LogP contribution is -2.29. The lowest BCUT2D eigenvalue weighted by Gasteiger charge is -2.13. The number of benzene rings is 2. The van der Waals surface area contributed by atoms with Crippen LogP contribution in [0.2, 0.25) is 10.0 Å². The molecule has 0 unspecified atom stereocenters. The van der Waals surface area contributed by atoms with Crippen molar-refractivity contribution in [3.63, 3.8) is 0 Å². The van der Waals surface area contributed by atoms with Crippen LogP contribution in [0.4, 0.5) is 13.2 Å². The number of phenols is 1. The summed E-state index contributed by atoms with van der Waals surface area (Å²) in [5.74, 6) is -1.68. The molecule has 0 atom stereocenters. The number of phenolic OH excluding ortho intramolecular Hbond substituents is 1. The van der Waals surface area contributed by atoms with Gasteiger partial charge in [-0.15, -0.1) is 0 Å². The fourth-order valence-corrected chi connectivity index (χ4v) is 2.28. The molecule has 0 bridgehead atoms. The average molecular weight is 377 g/mol. The van der Waals surface area contributed by atoms with Gasteiger partial charge >= 0.3 is 6.18 Å². The number of carbonyl (C=O) groups excluding carboxylic acids is 1. The zero-order valence-corrected chi connectivity index (χ0v) is 13.2. The average Bonchev–Trinajstić information content (AvgIpc) is 2.51. The van der Waals surface area contributed by atoms with E-state index in [2.05, 4.69) is 5.10 Å². The van der Waals surface area contributed by atoms with Crippen LogP contribution < -0.4 is 5.43 Å². The molecule has 2 rings (SSSR count). The molecule has 2 aromatic carbocycles. The van der Waals surface area contributed by atoms with Gasteiger partial charge in [-0.3, -0.25) is 4.79 Å². The summed E-state index contributed by atoms with van der Waals surface area (Å²) in [5.41, 5.74) is -0.353. The summed E-state index contributed by atoms with van der Waals surface area (Å²) in [4.78, 5) is 11.8. The molecule has 2 N–H and O–H groups in total. The van der Waals surface area contributed by atoms with Crippen molar-refractivity contribution in [1.29, 1.82) is 0 Å². The molecule has 0 saturated heterocycles. The fraction of sp³-hybridized carbons (Fsp3) is 0.0667. The van der Waals surface area contributed by atoms with Crippen molar-refractivity contribution in [3.05, 3.63) is 63.6 Å². The van der Waals surface area contributed by atoms with Gasteiger partial charge in [0.2, 0.25) is 0 Å². The van der Waals surface area contributed by atoms with E-state index in [9.17, 15) is 23.1 Å². The number of carbonyl (C=O) groups is 1. The van der Waals surface area contributed by atoms with Gasteiger partial charge in [-0.25, -0.2) is 5.43 Å². The summed E-state index contributed by atoms with van der Waals surface area (Å²) in [7, 11) is 0. The molecule has 0 aliphatic carbocycles. The summed E-state index contributed by atoms with van der Waals surface area (Å²) in [6.45, 7) is 0. The standard InChI is InChI=1S/C15H9Cl2F3N2O2/c16-9-6-10(12(23)11(17)7-9)13(15(18,19)20)21-22-14(24)8-4-2-1-3-5-8/h1-7,23H,(H,22,24)/b21-13-. The third-order valence-electron chi connectivity index (χ3n) is 2.86. The van der Waals surface area contributed by atoms with Crippen molar-refractivity contribution in [2.75, 3.05) is 0 Å². The van der Waals surface area contributed by atoms with E-state index in [0.717, 1.165) is 12.1 Å². The van der Waals surface area contributed by atoms with Crippen LogP contribution in [0.25, 0.3) is 0 Å². The smallest absolute Gasteiger partial charge is 0.435 e. The summed E-state index contributed by atoms with van der Waals surface area (Å²) in [6, 6.07) is 9.49. The number of amides is 1. The van der Waals surface area contributed by atoms with Crippen molar-refractivity contribution in [2.24, 2.45) is 5.10 Å².